The van der Waals surface area contributed by atoms with Gasteiger partial charge in [0, 0.05) is 49.9 Å². The number of likely N-dealkylation sites (N-methyl/N-ethyl adjacent to an activating group) is 1. The first kappa shape index (κ1) is 27.9. The number of hydrogen-bond donors (Lipinski definition) is 1. The molecule has 1 N–H and O–H groups in total. The summed E-state index contributed by atoms with van der Waals surface area (Å²) in [5.41, 5.74) is 1.00. The van der Waals surface area contributed by atoms with E-state index in [1.54, 1.807) is 45.7 Å². The second-order valence-corrected chi connectivity index (χ2v) is 12.8. The van der Waals surface area contributed by atoms with Crippen molar-refractivity contribution in [2.75, 3.05) is 33.3 Å². The van der Waals surface area contributed by atoms with Crippen LogP contribution < -0.4 is 0 Å². The smallest absolute Gasteiger partial charge is 0.247 e. The Labute approximate surface area is 232 Å². The number of carbonyl (C=O) groups is 3. The fraction of sp³-hybridized carbons (Fsp3) is 0.536. The summed E-state index contributed by atoms with van der Waals surface area (Å²) in [6, 6.07) is 9.12. The van der Waals surface area contributed by atoms with Crippen molar-refractivity contribution in [3.05, 3.63) is 61.2 Å². The molecular weight excluding hydrogens is 554 g/mol. The predicted octanol–water partition coefficient (Wildman–Crippen LogP) is 3.08. The first-order valence-corrected chi connectivity index (χ1v) is 14.6. The molecule has 0 aromatic heterocycles. The molecule has 6 atom stereocenters. The number of hydrogen-bond acceptors (Lipinski definition) is 5. The standard InChI is InChI=1S/C28H36BrN3O4S/c1-4-13-30(3)25(34)21-22-26(35)32(15-9-10-16-33)24(28(22)17-20(29)23(21)37-28)27(36)31(14-5-2)18-19-11-7-6-8-12-19/h4-8,11-12,20-24,33H,1-2,9-10,13-18H2,3H3/t20?,21-,22-,23-,24?,28?/m0/s1. The van der Waals surface area contributed by atoms with E-state index in [2.05, 4.69) is 29.1 Å². The SMILES string of the molecule is C=CCN(C)C(=O)[C@H]1[C@H]2C(=O)N(CCCCO)C(C(=O)N(CC=C)Cc3ccccc3)C23CC(Br)[C@@H]1S3. The molecule has 2 bridgehead atoms. The second kappa shape index (κ2) is 11.7. The van der Waals surface area contributed by atoms with Crippen LogP contribution in [0.5, 0.6) is 0 Å². The van der Waals surface area contributed by atoms with Gasteiger partial charge in [0.05, 0.1) is 16.6 Å². The van der Waals surface area contributed by atoms with Crippen LogP contribution in [0.1, 0.15) is 24.8 Å². The largest absolute Gasteiger partial charge is 0.396 e. The van der Waals surface area contributed by atoms with Crippen LogP contribution in [-0.2, 0) is 20.9 Å². The Kier molecular flexibility index (Phi) is 8.86. The van der Waals surface area contributed by atoms with Gasteiger partial charge in [-0.05, 0) is 24.8 Å². The summed E-state index contributed by atoms with van der Waals surface area (Å²) in [5, 5.41) is 9.29. The molecule has 7 nitrogen and oxygen atoms in total. The molecule has 3 aliphatic rings. The second-order valence-electron chi connectivity index (χ2n) is 10.1. The van der Waals surface area contributed by atoms with E-state index in [1.807, 2.05) is 30.3 Å². The maximum Gasteiger partial charge on any atom is 0.247 e. The number of benzene rings is 1. The van der Waals surface area contributed by atoms with Crippen LogP contribution in [0.4, 0.5) is 0 Å². The van der Waals surface area contributed by atoms with Crippen LogP contribution in [0.25, 0.3) is 0 Å². The Hall–Kier alpha value is -2.10. The van der Waals surface area contributed by atoms with Crippen molar-refractivity contribution < 1.29 is 19.5 Å². The number of alkyl halides is 1. The highest BCUT2D eigenvalue weighted by Crippen LogP contribution is 2.68. The number of aliphatic hydroxyl groups is 1. The van der Waals surface area contributed by atoms with Gasteiger partial charge in [-0.1, -0.05) is 58.4 Å². The summed E-state index contributed by atoms with van der Waals surface area (Å²) in [4.78, 5) is 47.2. The highest BCUT2D eigenvalue weighted by Gasteiger charge is 2.75. The van der Waals surface area contributed by atoms with Gasteiger partial charge in [-0.3, -0.25) is 14.4 Å². The Morgan fingerprint density at radius 2 is 1.89 bits per heavy atom. The predicted molar refractivity (Wildman–Crippen MR) is 150 cm³/mol. The summed E-state index contributed by atoms with van der Waals surface area (Å²) < 4.78 is -0.683. The lowest BCUT2D eigenvalue weighted by molar-refractivity contribution is -0.144. The van der Waals surface area contributed by atoms with E-state index in [0.717, 1.165) is 5.56 Å². The minimum absolute atomic E-state index is 0.0273. The van der Waals surface area contributed by atoms with Gasteiger partial charge in [0.25, 0.3) is 0 Å². The highest BCUT2D eigenvalue weighted by molar-refractivity contribution is 9.09. The van der Waals surface area contributed by atoms with Crippen molar-refractivity contribution >= 4 is 45.4 Å². The lowest BCUT2D eigenvalue weighted by atomic mass is 9.70. The first-order chi connectivity index (χ1) is 17.8. The van der Waals surface area contributed by atoms with Gasteiger partial charge in [-0.2, -0.15) is 0 Å². The zero-order valence-electron chi connectivity index (χ0n) is 21.3. The normalized spacial score (nSPS) is 29.8. The number of unbranched alkanes of at least 4 members (excludes halogenated alkanes) is 1. The lowest BCUT2D eigenvalue weighted by Crippen LogP contribution is -2.55. The molecule has 9 heteroatoms. The topological polar surface area (TPSA) is 81.2 Å². The molecule has 0 saturated carbocycles. The average Bonchev–Trinajstić information content (AvgIpc) is 3.47. The van der Waals surface area contributed by atoms with Crippen molar-refractivity contribution in [3.8, 4) is 0 Å². The van der Waals surface area contributed by atoms with E-state index >= 15 is 0 Å². The van der Waals surface area contributed by atoms with Gasteiger partial charge in [0.15, 0.2) is 0 Å². The number of thioether (sulfide) groups is 1. The summed E-state index contributed by atoms with van der Waals surface area (Å²) in [5.74, 6) is -1.35. The fourth-order valence-corrected chi connectivity index (χ4v) is 9.83. The van der Waals surface area contributed by atoms with E-state index in [0.29, 0.717) is 45.4 Å². The number of nitrogens with zero attached hydrogens (tertiary/aromatic N) is 3. The van der Waals surface area contributed by atoms with Gasteiger partial charge < -0.3 is 19.8 Å². The number of likely N-dealkylation sites (tertiary alicyclic amines) is 1. The molecular formula is C28H36BrN3O4S. The van der Waals surface area contributed by atoms with Crippen molar-refractivity contribution in [1.82, 2.24) is 14.7 Å². The Morgan fingerprint density at radius 1 is 1.19 bits per heavy atom. The fourth-order valence-electron chi connectivity index (χ4n) is 6.23. The van der Waals surface area contributed by atoms with Gasteiger partial charge in [0.2, 0.25) is 17.7 Å². The zero-order valence-corrected chi connectivity index (χ0v) is 23.7. The Morgan fingerprint density at radius 3 is 2.54 bits per heavy atom. The molecule has 0 radical (unpaired) electrons. The van der Waals surface area contributed by atoms with Crippen molar-refractivity contribution in [1.29, 1.82) is 0 Å². The summed E-state index contributed by atoms with van der Waals surface area (Å²) in [6.07, 6.45) is 5.18. The number of rotatable bonds is 12. The highest BCUT2D eigenvalue weighted by atomic mass is 79.9. The van der Waals surface area contributed by atoms with Crippen LogP contribution in [0.15, 0.2) is 55.6 Å². The third-order valence-electron chi connectivity index (χ3n) is 7.77. The molecule has 3 saturated heterocycles. The molecule has 3 fully saturated rings. The minimum atomic E-state index is -0.683. The lowest BCUT2D eigenvalue weighted by Gasteiger charge is -2.38. The van der Waals surface area contributed by atoms with E-state index in [4.69, 9.17) is 0 Å². The molecule has 1 aromatic rings. The third kappa shape index (κ3) is 5.02. The molecule has 200 valence electrons. The van der Waals surface area contributed by atoms with Gasteiger partial charge in [-0.25, -0.2) is 0 Å². The van der Waals surface area contributed by atoms with Crippen LogP contribution in [-0.4, -0.2) is 91.7 Å². The van der Waals surface area contributed by atoms with Gasteiger partial charge in [-0.15, -0.1) is 24.9 Å². The van der Waals surface area contributed by atoms with E-state index in [1.165, 1.54) is 0 Å². The summed E-state index contributed by atoms with van der Waals surface area (Å²) >= 11 is 5.46. The maximum atomic E-state index is 14.4. The van der Waals surface area contributed by atoms with Crippen molar-refractivity contribution in [3.63, 3.8) is 0 Å². The van der Waals surface area contributed by atoms with E-state index < -0.39 is 22.6 Å². The van der Waals surface area contributed by atoms with Crippen LogP contribution in [0.2, 0.25) is 0 Å². The number of halogens is 1. The third-order valence-corrected chi connectivity index (χ3v) is 11.0. The molecule has 37 heavy (non-hydrogen) atoms. The zero-order chi connectivity index (χ0) is 26.7. The molecule has 3 amide bonds. The van der Waals surface area contributed by atoms with Crippen LogP contribution in [0, 0.1) is 11.8 Å². The minimum Gasteiger partial charge on any atom is -0.396 e. The Balaban J connectivity index is 1.73. The van der Waals surface area contributed by atoms with Gasteiger partial charge >= 0.3 is 0 Å². The number of amides is 3. The van der Waals surface area contributed by atoms with Crippen LogP contribution >= 0.6 is 27.7 Å². The molecule has 4 rings (SSSR count). The monoisotopic (exact) mass is 589 g/mol. The van der Waals surface area contributed by atoms with Gasteiger partial charge in [0.1, 0.15) is 6.04 Å². The number of aliphatic hydroxyl groups excluding tert-OH is 1. The molecule has 1 aromatic carbocycles. The Bertz CT molecular complexity index is 1040. The number of carbonyl (C=O) groups excluding carboxylic acids is 3. The quantitative estimate of drug-likeness (QED) is 0.230. The molecule has 3 heterocycles. The van der Waals surface area contributed by atoms with Crippen molar-refractivity contribution in [2.45, 2.75) is 46.7 Å². The molecule has 3 aliphatic heterocycles. The number of fused-ring (bicyclic) bond motifs is 1. The first-order valence-electron chi connectivity index (χ1n) is 12.8. The summed E-state index contributed by atoms with van der Waals surface area (Å²) in [6.45, 7) is 9.20. The van der Waals surface area contributed by atoms with Crippen molar-refractivity contribution in [2.24, 2.45) is 11.8 Å². The molecule has 0 aliphatic carbocycles. The van der Waals surface area contributed by atoms with Crippen LogP contribution in [0.3, 0.4) is 0 Å². The van der Waals surface area contributed by atoms with E-state index in [-0.39, 0.29) is 34.4 Å². The maximum absolute atomic E-state index is 14.4. The average molecular weight is 591 g/mol. The molecule has 1 spiro atoms. The van der Waals surface area contributed by atoms with E-state index in [9.17, 15) is 19.5 Å². The molecule has 3 unspecified atom stereocenters. The summed E-state index contributed by atoms with van der Waals surface area (Å²) in [7, 11) is 1.74.